The molecule has 0 saturated carbocycles. The Hall–Kier alpha value is -1.24. The van der Waals surface area contributed by atoms with Crippen LogP contribution in [0.1, 0.15) is 12.8 Å². The van der Waals surface area contributed by atoms with E-state index < -0.39 is 56.3 Å². The number of phosphoric ester groups is 1. The maximum atomic E-state index is 11.6. The van der Waals surface area contributed by atoms with Crippen LogP contribution < -0.4 is 11.5 Å². The molecule has 0 aliphatic carbocycles. The van der Waals surface area contributed by atoms with Crippen molar-refractivity contribution in [1.29, 1.82) is 0 Å². The Morgan fingerprint density at radius 1 is 1.09 bits per heavy atom. The molecule has 9 N–H and O–H groups in total. The van der Waals surface area contributed by atoms with Crippen LogP contribution in [0.15, 0.2) is 0 Å². The van der Waals surface area contributed by atoms with Crippen LogP contribution in [-0.4, -0.2) is 73.5 Å². The monoisotopic (exact) mass is 358 g/mol. The summed E-state index contributed by atoms with van der Waals surface area (Å²) < 4.78 is 14.3. The van der Waals surface area contributed by atoms with E-state index in [0.29, 0.717) is 0 Å². The number of amides is 1. The summed E-state index contributed by atoms with van der Waals surface area (Å²) in [5.74, 6) is -3.60. The highest BCUT2D eigenvalue weighted by Gasteiger charge is 2.36. The molecule has 13 heteroatoms. The van der Waals surface area contributed by atoms with Gasteiger partial charge in [-0.2, -0.15) is 0 Å². The fourth-order valence-corrected chi connectivity index (χ4v) is 1.74. The fourth-order valence-electron chi connectivity index (χ4n) is 1.39. The van der Waals surface area contributed by atoms with E-state index in [9.17, 15) is 34.3 Å². The summed E-state index contributed by atoms with van der Waals surface area (Å²) in [7, 11) is -4.93. The molecule has 0 unspecified atom stereocenters. The van der Waals surface area contributed by atoms with Crippen LogP contribution in [0.2, 0.25) is 0 Å². The molecule has 0 rings (SSSR count). The molecule has 0 aromatic heterocycles. The Labute approximate surface area is 130 Å². The smallest absolute Gasteiger partial charge is 0.388 e. The minimum absolute atomic E-state index is 0.257. The van der Waals surface area contributed by atoms with Crippen LogP contribution in [0.3, 0.4) is 0 Å². The number of aliphatic hydroxyl groups is 3. The highest BCUT2D eigenvalue weighted by molar-refractivity contribution is 7.46. The van der Waals surface area contributed by atoms with Gasteiger partial charge >= 0.3 is 7.82 Å². The third-order valence-corrected chi connectivity index (χ3v) is 3.17. The molecule has 0 aliphatic rings. The molecule has 4 atom stereocenters. The average Bonchev–Trinajstić information content (AvgIpc) is 2.46. The van der Waals surface area contributed by atoms with Crippen LogP contribution in [0.25, 0.3) is 0 Å². The Morgan fingerprint density at radius 2 is 1.61 bits per heavy atom. The number of primary amides is 1. The van der Waals surface area contributed by atoms with Gasteiger partial charge in [0.25, 0.3) is 0 Å². The van der Waals surface area contributed by atoms with E-state index in [2.05, 4.69) is 4.52 Å². The Kier molecular flexibility index (Phi) is 8.66. The van der Waals surface area contributed by atoms with Gasteiger partial charge in [-0.15, -0.1) is 0 Å². The first-order chi connectivity index (χ1) is 10.4. The summed E-state index contributed by atoms with van der Waals surface area (Å²) in [6.07, 6.45) is -7.24. The van der Waals surface area contributed by atoms with Crippen molar-refractivity contribution in [3.63, 3.8) is 0 Å². The third-order valence-electron chi connectivity index (χ3n) is 2.68. The first kappa shape index (κ1) is 21.8. The highest BCUT2D eigenvalue weighted by Crippen LogP contribution is 2.35. The molecular formula is C10H19N2O10P. The Bertz CT molecular complexity index is 492. The fraction of sp³-hybridized carbons (Fsp3) is 0.700. The van der Waals surface area contributed by atoms with E-state index in [1.54, 1.807) is 0 Å². The molecular weight excluding hydrogens is 339 g/mol. The first-order valence-electron chi connectivity index (χ1n) is 6.23. The lowest BCUT2D eigenvalue weighted by Gasteiger charge is -2.22. The number of hydrogen-bond donors (Lipinski definition) is 7. The van der Waals surface area contributed by atoms with E-state index in [1.165, 1.54) is 0 Å². The van der Waals surface area contributed by atoms with Gasteiger partial charge in [-0.3, -0.25) is 18.9 Å². The summed E-state index contributed by atoms with van der Waals surface area (Å²) in [5, 5.41) is 28.3. The second kappa shape index (κ2) is 9.15. The van der Waals surface area contributed by atoms with Crippen LogP contribution in [0.5, 0.6) is 0 Å². The lowest BCUT2D eigenvalue weighted by atomic mass is 9.96. The van der Waals surface area contributed by atoms with E-state index in [-0.39, 0.29) is 12.8 Å². The number of hydrogen-bond acceptors (Lipinski definition) is 9. The Balaban J connectivity index is 4.64. The normalized spacial score (nSPS) is 17.1. The van der Waals surface area contributed by atoms with E-state index in [4.69, 9.17) is 21.3 Å². The molecule has 0 spiro atoms. The number of carbonyl (C=O) groups is 3. The number of rotatable bonds is 11. The third kappa shape index (κ3) is 8.25. The summed E-state index contributed by atoms with van der Waals surface area (Å²) >= 11 is 0. The number of nitrogens with two attached hydrogens (primary N) is 2. The van der Waals surface area contributed by atoms with Gasteiger partial charge in [0.2, 0.25) is 17.5 Å². The molecule has 0 aliphatic heterocycles. The predicted octanol–water partition coefficient (Wildman–Crippen LogP) is -4.09. The number of aliphatic hydroxyl groups excluding tert-OH is 3. The van der Waals surface area contributed by atoms with Gasteiger partial charge in [0.1, 0.15) is 18.3 Å². The lowest BCUT2D eigenvalue weighted by molar-refractivity contribution is -0.150. The van der Waals surface area contributed by atoms with Crippen molar-refractivity contribution < 1.29 is 48.6 Å². The van der Waals surface area contributed by atoms with Gasteiger partial charge in [0.15, 0.2) is 0 Å². The van der Waals surface area contributed by atoms with Gasteiger partial charge in [-0.25, -0.2) is 4.57 Å². The van der Waals surface area contributed by atoms with E-state index in [0.717, 1.165) is 0 Å². The molecule has 12 nitrogen and oxygen atoms in total. The molecule has 0 aromatic rings. The number of Topliss-reactive ketones (excluding diaryl/α,β-unsaturated/α-hetero) is 2. The zero-order chi connectivity index (χ0) is 18.4. The molecule has 134 valence electrons. The van der Waals surface area contributed by atoms with Crippen LogP contribution in [0, 0.1) is 0 Å². The second-order valence-electron chi connectivity index (χ2n) is 4.63. The number of carbonyl (C=O) groups excluding carboxylic acids is 3. The number of phosphoric acid groups is 1. The van der Waals surface area contributed by atoms with Crippen molar-refractivity contribution in [2.45, 2.75) is 37.2 Å². The van der Waals surface area contributed by atoms with Crippen molar-refractivity contribution in [3.05, 3.63) is 0 Å². The maximum Gasteiger partial charge on any atom is 0.469 e. The molecule has 0 bridgehead atoms. The highest BCUT2D eigenvalue weighted by atomic mass is 31.2. The quantitative estimate of drug-likeness (QED) is 0.138. The minimum Gasteiger partial charge on any atom is -0.388 e. The lowest BCUT2D eigenvalue weighted by Crippen LogP contribution is -2.50. The van der Waals surface area contributed by atoms with Gasteiger partial charge < -0.3 is 36.6 Å². The van der Waals surface area contributed by atoms with Crippen molar-refractivity contribution in [2.75, 3.05) is 6.61 Å². The average molecular weight is 358 g/mol. The molecule has 0 aromatic carbocycles. The maximum absolute atomic E-state index is 11.6. The first-order valence-corrected chi connectivity index (χ1v) is 7.76. The van der Waals surface area contributed by atoms with Crippen LogP contribution in [-0.2, 0) is 23.5 Å². The standard InChI is InChI=1S/C10H19N2O10P/c11-4(1-2-6(12)14)7(15)9(17)10(18)8(16)5(13)3-22-23(19,20)21/h4-5,8,10,13,16,18H,1-3,11H2,(H2,12,14)(H2,19,20,21)/t4-,5+,8+,10+/m0/s1. The zero-order valence-corrected chi connectivity index (χ0v) is 12.7. The molecule has 0 heterocycles. The van der Waals surface area contributed by atoms with Crippen molar-refractivity contribution in [3.8, 4) is 0 Å². The molecule has 1 amide bonds. The van der Waals surface area contributed by atoms with Gasteiger partial charge in [-0.1, -0.05) is 0 Å². The Morgan fingerprint density at radius 3 is 2.04 bits per heavy atom. The SMILES string of the molecule is NC(=O)CC[C@H](N)C(=O)C(=O)[C@H](O)[C@H](O)[C@H](O)COP(=O)(O)O. The van der Waals surface area contributed by atoms with Crippen LogP contribution in [0.4, 0.5) is 0 Å². The second-order valence-corrected chi connectivity index (χ2v) is 5.87. The summed E-state index contributed by atoms with van der Waals surface area (Å²) in [4.78, 5) is 50.6. The van der Waals surface area contributed by atoms with Crippen LogP contribution >= 0.6 is 7.82 Å². The van der Waals surface area contributed by atoms with Gasteiger partial charge in [0, 0.05) is 6.42 Å². The molecule has 0 fully saturated rings. The molecule has 23 heavy (non-hydrogen) atoms. The summed E-state index contributed by atoms with van der Waals surface area (Å²) in [5.41, 5.74) is 10.2. The van der Waals surface area contributed by atoms with Gasteiger partial charge in [-0.05, 0) is 6.42 Å². The molecule has 0 radical (unpaired) electrons. The van der Waals surface area contributed by atoms with Crippen molar-refractivity contribution in [1.82, 2.24) is 0 Å². The largest absolute Gasteiger partial charge is 0.469 e. The molecule has 0 saturated heterocycles. The van der Waals surface area contributed by atoms with E-state index >= 15 is 0 Å². The number of ketones is 2. The topological polar surface area (TPSA) is 231 Å². The van der Waals surface area contributed by atoms with Crippen molar-refractivity contribution in [2.24, 2.45) is 11.5 Å². The van der Waals surface area contributed by atoms with E-state index in [1.807, 2.05) is 0 Å². The summed E-state index contributed by atoms with van der Waals surface area (Å²) in [6, 6.07) is -1.44. The van der Waals surface area contributed by atoms with Crippen molar-refractivity contribution >= 4 is 25.3 Å². The van der Waals surface area contributed by atoms with Gasteiger partial charge in [0.05, 0.1) is 12.6 Å². The zero-order valence-electron chi connectivity index (χ0n) is 11.8. The predicted molar refractivity (Wildman–Crippen MR) is 72.4 cm³/mol. The minimum atomic E-state index is -4.93. The summed E-state index contributed by atoms with van der Waals surface area (Å²) in [6.45, 7) is -1.10.